The Labute approximate surface area is 127 Å². The summed E-state index contributed by atoms with van der Waals surface area (Å²) in [7, 11) is 0. The Morgan fingerprint density at radius 3 is 2.95 bits per heavy atom. The second-order valence-electron chi connectivity index (χ2n) is 5.07. The van der Waals surface area contributed by atoms with Gasteiger partial charge in [-0.3, -0.25) is 4.79 Å². The fraction of sp³-hybridized carbons (Fsp3) is 0.467. The monoisotopic (exact) mass is 301 g/mol. The SMILES string of the molecule is N#CC1=CC2=NC(CSC3CCOCC3)=NC(=O)C2C=C1. The van der Waals surface area contributed by atoms with Gasteiger partial charge in [-0.25, -0.2) is 4.99 Å². The molecule has 0 N–H and O–H groups in total. The number of nitrogens with zero attached hydrogens (tertiary/aromatic N) is 3. The fourth-order valence-electron chi connectivity index (χ4n) is 2.45. The minimum absolute atomic E-state index is 0.188. The van der Waals surface area contributed by atoms with Crippen molar-refractivity contribution in [2.24, 2.45) is 15.9 Å². The maximum absolute atomic E-state index is 12.0. The number of hydrogen-bond acceptors (Lipinski definition) is 5. The summed E-state index contributed by atoms with van der Waals surface area (Å²) in [5.41, 5.74) is 1.16. The Kier molecular flexibility index (Phi) is 4.32. The lowest BCUT2D eigenvalue weighted by Gasteiger charge is -2.22. The molecule has 0 saturated carbocycles. The van der Waals surface area contributed by atoms with Crippen LogP contribution in [0.25, 0.3) is 0 Å². The van der Waals surface area contributed by atoms with Crippen LogP contribution in [0.5, 0.6) is 0 Å². The summed E-state index contributed by atoms with van der Waals surface area (Å²) in [6.45, 7) is 1.61. The van der Waals surface area contributed by atoms with Crippen LogP contribution in [0.15, 0.2) is 33.8 Å². The smallest absolute Gasteiger partial charge is 0.260 e. The molecule has 1 saturated heterocycles. The van der Waals surface area contributed by atoms with Crippen LogP contribution in [0, 0.1) is 17.2 Å². The lowest BCUT2D eigenvalue weighted by atomic mass is 9.93. The van der Waals surface area contributed by atoms with Gasteiger partial charge in [0.15, 0.2) is 0 Å². The highest BCUT2D eigenvalue weighted by molar-refractivity contribution is 8.00. The zero-order valence-corrected chi connectivity index (χ0v) is 12.3. The molecule has 21 heavy (non-hydrogen) atoms. The summed E-state index contributed by atoms with van der Waals surface area (Å²) in [4.78, 5) is 20.6. The molecule has 0 spiro atoms. The highest BCUT2D eigenvalue weighted by Crippen LogP contribution is 2.24. The number of fused-ring (bicyclic) bond motifs is 1. The third kappa shape index (κ3) is 3.31. The van der Waals surface area contributed by atoms with Crippen molar-refractivity contribution in [3.63, 3.8) is 0 Å². The number of ether oxygens (including phenoxy) is 1. The summed E-state index contributed by atoms with van der Waals surface area (Å²) in [6, 6.07) is 2.07. The van der Waals surface area contributed by atoms with Gasteiger partial charge in [-0.05, 0) is 25.0 Å². The van der Waals surface area contributed by atoms with Gasteiger partial charge < -0.3 is 4.74 Å². The topological polar surface area (TPSA) is 74.8 Å². The highest BCUT2D eigenvalue weighted by Gasteiger charge is 2.28. The van der Waals surface area contributed by atoms with Crippen molar-refractivity contribution >= 4 is 29.2 Å². The standard InChI is InChI=1S/C15H15N3O2S/c16-8-10-1-2-12-13(7-10)17-14(18-15(12)19)9-21-11-3-5-20-6-4-11/h1-2,7,11-12H,3-6,9H2. The number of amidine groups is 1. The zero-order valence-electron chi connectivity index (χ0n) is 11.5. The number of carbonyl (C=O) groups excluding carboxylic acids is 1. The van der Waals surface area contributed by atoms with Crippen LogP contribution in [0.2, 0.25) is 0 Å². The number of carbonyl (C=O) groups is 1. The molecule has 1 unspecified atom stereocenters. The first-order chi connectivity index (χ1) is 10.3. The number of rotatable bonds is 3. The Bertz CT molecular complexity index is 607. The lowest BCUT2D eigenvalue weighted by molar-refractivity contribution is -0.118. The highest BCUT2D eigenvalue weighted by atomic mass is 32.2. The molecule has 6 heteroatoms. The number of thioether (sulfide) groups is 1. The van der Waals surface area contributed by atoms with Crippen LogP contribution >= 0.6 is 11.8 Å². The molecule has 1 atom stereocenters. The molecule has 5 nitrogen and oxygen atoms in total. The number of allylic oxidation sites excluding steroid dienone is 3. The minimum atomic E-state index is -0.418. The largest absolute Gasteiger partial charge is 0.381 e. The van der Waals surface area contributed by atoms with Crippen molar-refractivity contribution in [1.29, 1.82) is 5.26 Å². The Balaban J connectivity index is 1.68. The van der Waals surface area contributed by atoms with Crippen molar-refractivity contribution in [2.75, 3.05) is 19.0 Å². The van der Waals surface area contributed by atoms with Gasteiger partial charge in [0, 0.05) is 18.5 Å². The van der Waals surface area contributed by atoms with Crippen molar-refractivity contribution in [1.82, 2.24) is 0 Å². The van der Waals surface area contributed by atoms with Crippen molar-refractivity contribution < 1.29 is 9.53 Å². The van der Waals surface area contributed by atoms with Crippen LogP contribution in [-0.4, -0.2) is 41.7 Å². The predicted octanol–water partition coefficient (Wildman–Crippen LogP) is 1.91. The summed E-state index contributed by atoms with van der Waals surface area (Å²) >= 11 is 1.78. The van der Waals surface area contributed by atoms with E-state index in [0.717, 1.165) is 26.1 Å². The van der Waals surface area contributed by atoms with Gasteiger partial charge in [0.05, 0.1) is 23.1 Å². The molecule has 0 bridgehead atoms. The molecular weight excluding hydrogens is 286 g/mol. The van der Waals surface area contributed by atoms with E-state index in [0.29, 0.717) is 28.1 Å². The molecule has 0 aromatic heterocycles. The second kappa shape index (κ2) is 6.37. The van der Waals surface area contributed by atoms with E-state index in [1.165, 1.54) is 0 Å². The van der Waals surface area contributed by atoms with E-state index in [4.69, 9.17) is 10.00 Å². The van der Waals surface area contributed by atoms with Gasteiger partial charge in [0.1, 0.15) is 11.8 Å². The van der Waals surface area contributed by atoms with Gasteiger partial charge in [0.2, 0.25) is 0 Å². The molecular formula is C15H15N3O2S. The lowest BCUT2D eigenvalue weighted by Crippen LogP contribution is -2.28. The van der Waals surface area contributed by atoms with E-state index in [1.807, 2.05) is 0 Å². The van der Waals surface area contributed by atoms with E-state index in [-0.39, 0.29) is 5.91 Å². The number of nitriles is 1. The Morgan fingerprint density at radius 1 is 1.38 bits per heavy atom. The molecule has 0 aromatic carbocycles. The molecule has 2 heterocycles. The van der Waals surface area contributed by atoms with Crippen LogP contribution < -0.4 is 0 Å². The van der Waals surface area contributed by atoms with E-state index in [9.17, 15) is 4.79 Å². The third-order valence-electron chi connectivity index (χ3n) is 3.60. The first kappa shape index (κ1) is 14.2. The minimum Gasteiger partial charge on any atom is -0.381 e. The molecule has 1 aliphatic carbocycles. The molecule has 1 amide bonds. The molecule has 0 radical (unpaired) electrons. The van der Waals surface area contributed by atoms with Crippen LogP contribution in [0.1, 0.15) is 12.8 Å². The van der Waals surface area contributed by atoms with E-state index in [1.54, 1.807) is 30.0 Å². The number of amides is 1. The van der Waals surface area contributed by atoms with E-state index < -0.39 is 5.92 Å². The first-order valence-electron chi connectivity index (χ1n) is 6.95. The second-order valence-corrected chi connectivity index (χ2v) is 6.36. The summed E-state index contributed by atoms with van der Waals surface area (Å²) in [5.74, 6) is 0.587. The molecule has 2 aliphatic heterocycles. The van der Waals surface area contributed by atoms with Crippen LogP contribution in [0.4, 0.5) is 0 Å². The van der Waals surface area contributed by atoms with Gasteiger partial charge in [-0.15, -0.1) is 0 Å². The van der Waals surface area contributed by atoms with E-state index >= 15 is 0 Å². The maximum Gasteiger partial charge on any atom is 0.260 e. The van der Waals surface area contributed by atoms with Crippen molar-refractivity contribution in [3.05, 3.63) is 23.8 Å². The van der Waals surface area contributed by atoms with Crippen molar-refractivity contribution in [3.8, 4) is 6.07 Å². The van der Waals surface area contributed by atoms with Crippen LogP contribution in [-0.2, 0) is 9.53 Å². The molecule has 3 aliphatic rings. The van der Waals surface area contributed by atoms with Gasteiger partial charge in [0.25, 0.3) is 5.91 Å². The summed E-state index contributed by atoms with van der Waals surface area (Å²) in [5, 5.41) is 9.48. The first-order valence-corrected chi connectivity index (χ1v) is 8.00. The summed E-state index contributed by atoms with van der Waals surface area (Å²) < 4.78 is 5.33. The van der Waals surface area contributed by atoms with Gasteiger partial charge in [-0.2, -0.15) is 22.0 Å². The Hall–Kier alpha value is -1.71. The van der Waals surface area contributed by atoms with Gasteiger partial charge >= 0.3 is 0 Å². The zero-order chi connectivity index (χ0) is 14.7. The number of aliphatic imine (C=N–C) groups is 2. The molecule has 1 fully saturated rings. The Morgan fingerprint density at radius 2 is 2.19 bits per heavy atom. The third-order valence-corrected chi connectivity index (χ3v) is 4.97. The quantitative estimate of drug-likeness (QED) is 0.798. The average molecular weight is 301 g/mol. The van der Waals surface area contributed by atoms with E-state index in [2.05, 4.69) is 16.1 Å². The number of hydrogen-bond donors (Lipinski definition) is 0. The molecule has 3 rings (SSSR count). The fourth-order valence-corrected chi connectivity index (χ4v) is 3.49. The van der Waals surface area contributed by atoms with Crippen molar-refractivity contribution in [2.45, 2.75) is 18.1 Å². The summed E-state index contributed by atoms with van der Waals surface area (Å²) in [6.07, 6.45) is 7.10. The average Bonchev–Trinajstić information content (AvgIpc) is 2.53. The maximum atomic E-state index is 12.0. The van der Waals surface area contributed by atoms with Crippen LogP contribution in [0.3, 0.4) is 0 Å². The normalized spacial score (nSPS) is 25.6. The van der Waals surface area contributed by atoms with Gasteiger partial charge in [-0.1, -0.05) is 6.08 Å². The molecule has 0 aromatic rings. The predicted molar refractivity (Wildman–Crippen MR) is 82.5 cm³/mol. The molecule has 108 valence electrons.